The lowest BCUT2D eigenvalue weighted by atomic mass is 10.1. The second-order valence-electron chi connectivity index (χ2n) is 4.44. The normalized spacial score (nSPS) is 14.0. The fraction of sp³-hybridized carbons (Fsp3) is 0.250. The molecular formula is C16H18O3. The number of benzene rings is 2. The first-order valence-electron chi connectivity index (χ1n) is 6.31. The molecule has 0 radical (unpaired) electrons. The third kappa shape index (κ3) is 4.48. The minimum atomic E-state index is -1.18. The molecule has 19 heavy (non-hydrogen) atoms. The van der Waals surface area contributed by atoms with Crippen molar-refractivity contribution in [2.45, 2.75) is 25.4 Å². The molecule has 0 aliphatic heterocycles. The Kier molecular flexibility index (Phi) is 5.10. The smallest absolute Gasteiger partial charge is 0.181 e. The summed E-state index contributed by atoms with van der Waals surface area (Å²) in [6.45, 7) is 0.286. The lowest BCUT2D eigenvalue weighted by Gasteiger charge is -2.18. The van der Waals surface area contributed by atoms with E-state index in [1.807, 2.05) is 60.7 Å². The average molecular weight is 258 g/mol. The molecule has 0 saturated carbocycles. The number of hydrogen-bond donors (Lipinski definition) is 2. The van der Waals surface area contributed by atoms with Crippen molar-refractivity contribution in [3.63, 3.8) is 0 Å². The van der Waals surface area contributed by atoms with E-state index in [1.54, 1.807) is 0 Å². The predicted molar refractivity (Wildman–Crippen MR) is 73.4 cm³/mol. The molecule has 2 aromatic rings. The molecule has 2 rings (SSSR count). The van der Waals surface area contributed by atoms with Gasteiger partial charge in [0.1, 0.15) is 6.10 Å². The van der Waals surface area contributed by atoms with Gasteiger partial charge < -0.3 is 14.9 Å². The van der Waals surface area contributed by atoms with Gasteiger partial charge in [-0.1, -0.05) is 60.7 Å². The van der Waals surface area contributed by atoms with Gasteiger partial charge in [0, 0.05) is 6.42 Å². The van der Waals surface area contributed by atoms with Gasteiger partial charge in [-0.05, 0) is 11.1 Å². The summed E-state index contributed by atoms with van der Waals surface area (Å²) < 4.78 is 5.27. The summed E-state index contributed by atoms with van der Waals surface area (Å²) in [6, 6.07) is 19.1. The van der Waals surface area contributed by atoms with Gasteiger partial charge in [-0.15, -0.1) is 0 Å². The fourth-order valence-corrected chi connectivity index (χ4v) is 1.82. The van der Waals surface area contributed by atoms with Gasteiger partial charge in [-0.3, -0.25) is 0 Å². The highest BCUT2D eigenvalue weighted by Gasteiger charge is 2.17. The Morgan fingerprint density at radius 3 is 1.89 bits per heavy atom. The first-order valence-corrected chi connectivity index (χ1v) is 6.31. The van der Waals surface area contributed by atoms with Crippen LogP contribution in [-0.4, -0.2) is 22.6 Å². The van der Waals surface area contributed by atoms with Crippen molar-refractivity contribution in [2.24, 2.45) is 0 Å². The molecule has 0 aromatic heterocycles. The van der Waals surface area contributed by atoms with Crippen molar-refractivity contribution >= 4 is 0 Å². The van der Waals surface area contributed by atoms with E-state index < -0.39 is 12.4 Å². The lowest BCUT2D eigenvalue weighted by molar-refractivity contribution is -0.167. The Labute approximate surface area is 113 Å². The van der Waals surface area contributed by atoms with E-state index in [0.29, 0.717) is 6.42 Å². The summed E-state index contributed by atoms with van der Waals surface area (Å²) in [5.74, 6) is 0. The van der Waals surface area contributed by atoms with Gasteiger partial charge >= 0.3 is 0 Å². The number of aliphatic hydroxyl groups is 2. The Morgan fingerprint density at radius 2 is 1.32 bits per heavy atom. The van der Waals surface area contributed by atoms with Crippen molar-refractivity contribution in [3.8, 4) is 0 Å². The van der Waals surface area contributed by atoms with Crippen LogP contribution in [0.2, 0.25) is 0 Å². The topological polar surface area (TPSA) is 49.7 Å². The highest BCUT2D eigenvalue weighted by Crippen LogP contribution is 2.09. The molecule has 2 aromatic carbocycles. The van der Waals surface area contributed by atoms with Crippen LogP contribution in [0.1, 0.15) is 11.1 Å². The molecule has 0 aliphatic rings. The standard InChI is InChI=1S/C16H18O3/c17-15(11-13-7-3-1-4-8-13)16(18)19-12-14-9-5-2-6-10-14/h1-10,15-18H,11-12H2/t15-,16?/m1/s1. The van der Waals surface area contributed by atoms with E-state index in [4.69, 9.17) is 4.74 Å². The molecule has 3 heteroatoms. The molecule has 2 atom stereocenters. The molecule has 0 aliphatic carbocycles. The lowest BCUT2D eigenvalue weighted by Crippen LogP contribution is -2.30. The van der Waals surface area contributed by atoms with Crippen LogP contribution in [0.15, 0.2) is 60.7 Å². The van der Waals surface area contributed by atoms with Gasteiger partial charge in [-0.2, -0.15) is 0 Å². The van der Waals surface area contributed by atoms with Crippen molar-refractivity contribution in [2.75, 3.05) is 0 Å². The summed E-state index contributed by atoms with van der Waals surface area (Å²) in [4.78, 5) is 0. The third-order valence-corrected chi connectivity index (χ3v) is 2.88. The molecule has 1 unspecified atom stereocenters. The molecule has 0 heterocycles. The molecule has 0 bridgehead atoms. The van der Waals surface area contributed by atoms with E-state index in [9.17, 15) is 10.2 Å². The summed E-state index contributed by atoms with van der Waals surface area (Å²) >= 11 is 0. The zero-order valence-electron chi connectivity index (χ0n) is 10.6. The van der Waals surface area contributed by atoms with Crippen LogP contribution >= 0.6 is 0 Å². The third-order valence-electron chi connectivity index (χ3n) is 2.88. The van der Waals surface area contributed by atoms with E-state index in [2.05, 4.69) is 0 Å². The van der Waals surface area contributed by atoms with Gasteiger partial charge in [0.05, 0.1) is 6.61 Å². The summed E-state index contributed by atoms with van der Waals surface area (Å²) in [7, 11) is 0. The van der Waals surface area contributed by atoms with Crippen LogP contribution in [0.4, 0.5) is 0 Å². The largest absolute Gasteiger partial charge is 0.387 e. The maximum absolute atomic E-state index is 9.87. The maximum atomic E-state index is 9.87. The molecule has 0 saturated heterocycles. The first kappa shape index (κ1) is 13.7. The Hall–Kier alpha value is -1.68. The van der Waals surface area contributed by atoms with Crippen LogP contribution < -0.4 is 0 Å². The van der Waals surface area contributed by atoms with Crippen molar-refractivity contribution in [3.05, 3.63) is 71.8 Å². The predicted octanol–water partition coefficient (Wildman–Crippen LogP) is 2.13. The van der Waals surface area contributed by atoms with Crippen LogP contribution in [0.3, 0.4) is 0 Å². The second-order valence-corrected chi connectivity index (χ2v) is 4.44. The Morgan fingerprint density at radius 1 is 0.789 bits per heavy atom. The first-order chi connectivity index (χ1) is 9.25. The summed E-state index contributed by atoms with van der Waals surface area (Å²) in [5.41, 5.74) is 1.94. The monoisotopic (exact) mass is 258 g/mol. The van der Waals surface area contributed by atoms with Crippen LogP contribution in [0.25, 0.3) is 0 Å². The summed E-state index contributed by atoms with van der Waals surface area (Å²) in [6.07, 6.45) is -1.73. The van der Waals surface area contributed by atoms with Crippen LogP contribution in [-0.2, 0) is 17.8 Å². The molecular weight excluding hydrogens is 240 g/mol. The van der Waals surface area contributed by atoms with E-state index in [1.165, 1.54) is 0 Å². The van der Waals surface area contributed by atoms with E-state index in [-0.39, 0.29) is 6.61 Å². The van der Waals surface area contributed by atoms with Crippen LogP contribution in [0.5, 0.6) is 0 Å². The highest BCUT2D eigenvalue weighted by molar-refractivity contribution is 5.16. The van der Waals surface area contributed by atoms with E-state index >= 15 is 0 Å². The van der Waals surface area contributed by atoms with Gasteiger partial charge in [-0.25, -0.2) is 0 Å². The molecule has 100 valence electrons. The number of ether oxygens (including phenoxy) is 1. The minimum absolute atomic E-state index is 0.286. The van der Waals surface area contributed by atoms with Gasteiger partial charge in [0.2, 0.25) is 0 Å². The molecule has 0 spiro atoms. The number of aliphatic hydroxyl groups excluding tert-OH is 2. The van der Waals surface area contributed by atoms with Gasteiger partial charge in [0.15, 0.2) is 6.29 Å². The fourth-order valence-electron chi connectivity index (χ4n) is 1.82. The van der Waals surface area contributed by atoms with Crippen molar-refractivity contribution < 1.29 is 14.9 Å². The molecule has 0 fully saturated rings. The molecule has 2 N–H and O–H groups in total. The maximum Gasteiger partial charge on any atom is 0.181 e. The molecule has 0 amide bonds. The molecule has 3 nitrogen and oxygen atoms in total. The quantitative estimate of drug-likeness (QED) is 0.780. The Balaban J connectivity index is 1.81. The van der Waals surface area contributed by atoms with Crippen LogP contribution in [0, 0.1) is 0 Å². The van der Waals surface area contributed by atoms with Crippen molar-refractivity contribution in [1.82, 2.24) is 0 Å². The SMILES string of the molecule is OC(OCc1ccccc1)[C@H](O)Cc1ccccc1. The number of hydrogen-bond acceptors (Lipinski definition) is 3. The zero-order valence-corrected chi connectivity index (χ0v) is 10.6. The Bertz CT molecular complexity index is 470. The zero-order chi connectivity index (χ0) is 13.5. The van der Waals surface area contributed by atoms with Crippen molar-refractivity contribution in [1.29, 1.82) is 0 Å². The van der Waals surface area contributed by atoms with Gasteiger partial charge in [0.25, 0.3) is 0 Å². The van der Waals surface area contributed by atoms with E-state index in [0.717, 1.165) is 11.1 Å². The second kappa shape index (κ2) is 7.04. The highest BCUT2D eigenvalue weighted by atomic mass is 16.6. The number of rotatable bonds is 6. The average Bonchev–Trinajstić information content (AvgIpc) is 2.47. The summed E-state index contributed by atoms with van der Waals surface area (Å²) in [5, 5.41) is 19.6. The minimum Gasteiger partial charge on any atom is -0.387 e.